The lowest BCUT2D eigenvalue weighted by atomic mass is 10.1. The summed E-state index contributed by atoms with van der Waals surface area (Å²) in [6.07, 6.45) is 5.64. The quantitative estimate of drug-likeness (QED) is 0.239. The van der Waals surface area contributed by atoms with Crippen molar-refractivity contribution in [3.05, 3.63) is 93.4 Å². The SMILES string of the molecule is Cc1cc(F)cc(CCC(=O)N2CCN(c3nccs3)CC2)c1.Cc1cc(F)cc(CCC(=O)N2CCN(c3nccs3)CC2)c1. The Morgan fingerprint density at radius 1 is 0.630 bits per heavy atom. The Kier molecular flexibility index (Phi) is 11.7. The van der Waals surface area contributed by atoms with Crippen molar-refractivity contribution in [1.29, 1.82) is 0 Å². The molecule has 2 amide bonds. The van der Waals surface area contributed by atoms with E-state index in [2.05, 4.69) is 19.8 Å². The predicted molar refractivity (Wildman–Crippen MR) is 181 cm³/mol. The summed E-state index contributed by atoms with van der Waals surface area (Å²) in [4.78, 5) is 41.5. The maximum absolute atomic E-state index is 13.4. The summed E-state index contributed by atoms with van der Waals surface area (Å²) in [6.45, 7) is 9.90. The first-order valence-corrected chi connectivity index (χ1v) is 17.4. The highest BCUT2D eigenvalue weighted by Crippen LogP contribution is 2.21. The summed E-state index contributed by atoms with van der Waals surface area (Å²) >= 11 is 3.25. The number of nitrogens with zero attached hydrogens (tertiary/aromatic N) is 6. The number of hydrogen-bond donors (Lipinski definition) is 0. The first kappa shape index (κ1) is 33.5. The van der Waals surface area contributed by atoms with Gasteiger partial charge in [0.1, 0.15) is 11.6 Å². The Hall–Kier alpha value is -3.90. The Balaban J connectivity index is 0.000000181. The minimum atomic E-state index is -0.232. The van der Waals surface area contributed by atoms with Gasteiger partial charge in [-0.1, -0.05) is 12.1 Å². The Labute approximate surface area is 277 Å². The Morgan fingerprint density at radius 3 is 1.35 bits per heavy atom. The van der Waals surface area contributed by atoms with Crippen molar-refractivity contribution in [1.82, 2.24) is 19.8 Å². The van der Waals surface area contributed by atoms with Gasteiger partial charge in [-0.2, -0.15) is 0 Å². The molecule has 4 heterocycles. The van der Waals surface area contributed by atoms with Crippen molar-refractivity contribution in [2.45, 2.75) is 39.5 Å². The average Bonchev–Trinajstić information content (AvgIpc) is 3.78. The highest BCUT2D eigenvalue weighted by molar-refractivity contribution is 7.13. The topological polar surface area (TPSA) is 72.9 Å². The summed E-state index contributed by atoms with van der Waals surface area (Å²) < 4.78 is 26.8. The molecule has 0 bridgehead atoms. The molecule has 8 nitrogen and oxygen atoms in total. The second kappa shape index (κ2) is 16.1. The van der Waals surface area contributed by atoms with E-state index in [1.54, 1.807) is 35.1 Å². The molecule has 2 aliphatic rings. The number of anilines is 2. The molecule has 2 aromatic heterocycles. The van der Waals surface area contributed by atoms with Crippen molar-refractivity contribution in [3.8, 4) is 0 Å². The third kappa shape index (κ3) is 9.56. The molecule has 0 N–H and O–H groups in total. The number of aromatic nitrogens is 2. The van der Waals surface area contributed by atoms with Gasteiger partial charge in [0.15, 0.2) is 10.3 Å². The van der Waals surface area contributed by atoms with Gasteiger partial charge in [0.05, 0.1) is 0 Å². The van der Waals surface area contributed by atoms with E-state index in [1.165, 1.54) is 24.3 Å². The van der Waals surface area contributed by atoms with E-state index in [0.717, 1.165) is 84.9 Å². The first-order valence-electron chi connectivity index (χ1n) is 15.6. The van der Waals surface area contributed by atoms with E-state index >= 15 is 0 Å². The number of piperazine rings is 2. The molecule has 6 rings (SSSR count). The molecule has 2 saturated heterocycles. The van der Waals surface area contributed by atoms with Crippen LogP contribution in [-0.2, 0) is 22.4 Å². The number of thiazole rings is 2. The maximum atomic E-state index is 13.4. The zero-order valence-electron chi connectivity index (χ0n) is 26.3. The van der Waals surface area contributed by atoms with Crippen LogP contribution in [0.15, 0.2) is 59.6 Å². The van der Waals surface area contributed by atoms with Crippen LogP contribution in [0.1, 0.15) is 35.1 Å². The fourth-order valence-corrected chi connectivity index (χ4v) is 7.16. The predicted octanol–water partition coefficient (Wildman–Crippen LogP) is 5.74. The van der Waals surface area contributed by atoms with Gasteiger partial charge < -0.3 is 19.6 Å². The van der Waals surface area contributed by atoms with Crippen LogP contribution < -0.4 is 9.80 Å². The lowest BCUT2D eigenvalue weighted by molar-refractivity contribution is -0.132. The summed E-state index contributed by atoms with van der Waals surface area (Å²) in [5, 5.41) is 5.97. The molecule has 2 fully saturated rings. The fraction of sp³-hybridized carbons (Fsp3) is 0.412. The summed E-state index contributed by atoms with van der Waals surface area (Å²) in [5.41, 5.74) is 3.56. The average molecular weight is 667 g/mol. The van der Waals surface area contributed by atoms with Crippen LogP contribution in [-0.4, -0.2) is 83.9 Å². The van der Waals surface area contributed by atoms with E-state index in [4.69, 9.17) is 0 Å². The van der Waals surface area contributed by atoms with Gasteiger partial charge in [-0.3, -0.25) is 9.59 Å². The highest BCUT2D eigenvalue weighted by atomic mass is 32.1. The molecule has 4 aromatic rings. The van der Waals surface area contributed by atoms with E-state index in [1.807, 2.05) is 46.5 Å². The molecule has 0 radical (unpaired) electrons. The zero-order chi connectivity index (χ0) is 32.5. The number of rotatable bonds is 8. The standard InChI is InChI=1S/2C17H20FN3OS/c2*1-13-10-14(12-15(18)11-13)2-3-16(22)20-5-7-21(8-6-20)17-19-4-9-23-17/h2*4,9-12H,2-3,5-8H2,1H3. The molecule has 0 aliphatic carbocycles. The van der Waals surface area contributed by atoms with E-state index in [0.29, 0.717) is 25.7 Å². The van der Waals surface area contributed by atoms with Crippen molar-refractivity contribution in [2.75, 3.05) is 62.2 Å². The van der Waals surface area contributed by atoms with Gasteiger partial charge in [-0.05, 0) is 73.2 Å². The van der Waals surface area contributed by atoms with Crippen molar-refractivity contribution in [2.24, 2.45) is 0 Å². The van der Waals surface area contributed by atoms with Crippen molar-refractivity contribution >= 4 is 44.8 Å². The number of hydrogen-bond acceptors (Lipinski definition) is 8. The number of aryl methyl sites for hydroxylation is 4. The number of carbonyl (C=O) groups is 2. The van der Waals surface area contributed by atoms with Crippen LogP contribution >= 0.6 is 22.7 Å². The van der Waals surface area contributed by atoms with Gasteiger partial charge >= 0.3 is 0 Å². The third-order valence-corrected chi connectivity index (χ3v) is 9.77. The lowest BCUT2D eigenvalue weighted by Crippen LogP contribution is -2.48. The van der Waals surface area contributed by atoms with Gasteiger partial charge in [0, 0.05) is 88.4 Å². The minimum Gasteiger partial charge on any atom is -0.345 e. The maximum Gasteiger partial charge on any atom is 0.223 e. The van der Waals surface area contributed by atoms with Gasteiger partial charge in [-0.15, -0.1) is 22.7 Å². The van der Waals surface area contributed by atoms with Crippen LogP contribution in [0, 0.1) is 25.5 Å². The summed E-state index contributed by atoms with van der Waals surface area (Å²) in [7, 11) is 0. The molecule has 0 spiro atoms. The third-order valence-electron chi connectivity index (χ3n) is 8.10. The number of carbonyl (C=O) groups excluding carboxylic acids is 2. The molecular weight excluding hydrogens is 627 g/mol. The van der Waals surface area contributed by atoms with Crippen molar-refractivity contribution in [3.63, 3.8) is 0 Å². The molecule has 0 saturated carbocycles. The smallest absolute Gasteiger partial charge is 0.223 e. The molecule has 46 heavy (non-hydrogen) atoms. The lowest BCUT2D eigenvalue weighted by Gasteiger charge is -2.34. The monoisotopic (exact) mass is 666 g/mol. The molecule has 0 atom stereocenters. The molecule has 244 valence electrons. The molecule has 2 aromatic carbocycles. The first-order chi connectivity index (χ1) is 22.2. The summed E-state index contributed by atoms with van der Waals surface area (Å²) in [5.74, 6) is -0.176. The van der Waals surface area contributed by atoms with Gasteiger partial charge in [-0.25, -0.2) is 18.7 Å². The largest absolute Gasteiger partial charge is 0.345 e. The van der Waals surface area contributed by atoms with E-state index < -0.39 is 0 Å². The van der Waals surface area contributed by atoms with Crippen LogP contribution in [0.2, 0.25) is 0 Å². The zero-order valence-corrected chi connectivity index (χ0v) is 28.0. The molecule has 12 heteroatoms. The van der Waals surface area contributed by atoms with Crippen LogP contribution in [0.4, 0.5) is 19.0 Å². The van der Waals surface area contributed by atoms with Gasteiger partial charge in [0.25, 0.3) is 0 Å². The Bertz CT molecular complexity index is 1410. The number of amides is 2. The highest BCUT2D eigenvalue weighted by Gasteiger charge is 2.23. The summed E-state index contributed by atoms with van der Waals surface area (Å²) in [6, 6.07) is 9.92. The minimum absolute atomic E-state index is 0.144. The normalized spacial score (nSPS) is 15.0. The number of benzene rings is 2. The molecular formula is C34H40F2N6O2S2. The van der Waals surface area contributed by atoms with Gasteiger partial charge in [0.2, 0.25) is 11.8 Å². The van der Waals surface area contributed by atoms with Crippen LogP contribution in [0.25, 0.3) is 0 Å². The fourth-order valence-electron chi connectivity index (χ4n) is 5.77. The second-order valence-corrected chi connectivity index (χ2v) is 13.4. The Morgan fingerprint density at radius 2 is 1.02 bits per heavy atom. The van der Waals surface area contributed by atoms with E-state index in [9.17, 15) is 18.4 Å². The van der Waals surface area contributed by atoms with E-state index in [-0.39, 0.29) is 23.4 Å². The molecule has 0 unspecified atom stereocenters. The van der Waals surface area contributed by atoms with Crippen LogP contribution in [0.5, 0.6) is 0 Å². The molecule has 2 aliphatic heterocycles. The number of halogens is 2. The second-order valence-electron chi connectivity index (χ2n) is 11.6. The van der Waals surface area contributed by atoms with Crippen LogP contribution in [0.3, 0.4) is 0 Å². The van der Waals surface area contributed by atoms with Crippen molar-refractivity contribution < 1.29 is 18.4 Å².